The normalized spacial score (nSPS) is 11.7. The van der Waals surface area contributed by atoms with Crippen LogP contribution in [0, 0.1) is 12.8 Å². The Hall–Kier alpha value is -2.11. The standard InChI is InChI=1S/C13H19N3O3/c1-3-10(12(17)18)7-15-13(19)16-8-11-6-14-5-4-9(11)2/h4-6,10H,3,7-8H2,1-2H3,(H,17,18)(H2,15,16,19). The van der Waals surface area contributed by atoms with Crippen molar-refractivity contribution in [3.63, 3.8) is 0 Å². The molecule has 2 amide bonds. The molecule has 1 heterocycles. The van der Waals surface area contributed by atoms with Crippen LogP contribution in [0.2, 0.25) is 0 Å². The van der Waals surface area contributed by atoms with Crippen LogP contribution >= 0.6 is 0 Å². The van der Waals surface area contributed by atoms with Crippen LogP contribution in [0.5, 0.6) is 0 Å². The fourth-order valence-corrected chi connectivity index (χ4v) is 1.54. The number of nitrogens with one attached hydrogen (secondary N) is 2. The van der Waals surface area contributed by atoms with Gasteiger partial charge >= 0.3 is 12.0 Å². The van der Waals surface area contributed by atoms with Crippen molar-refractivity contribution >= 4 is 12.0 Å². The van der Waals surface area contributed by atoms with Crippen LogP contribution in [-0.4, -0.2) is 28.6 Å². The fraction of sp³-hybridized carbons (Fsp3) is 0.462. The molecule has 104 valence electrons. The third kappa shape index (κ3) is 4.95. The van der Waals surface area contributed by atoms with E-state index in [0.717, 1.165) is 11.1 Å². The highest BCUT2D eigenvalue weighted by atomic mass is 16.4. The molecule has 1 aromatic heterocycles. The first-order valence-corrected chi connectivity index (χ1v) is 6.18. The lowest BCUT2D eigenvalue weighted by molar-refractivity contribution is -0.141. The van der Waals surface area contributed by atoms with Crippen molar-refractivity contribution in [3.05, 3.63) is 29.6 Å². The smallest absolute Gasteiger partial charge is 0.315 e. The number of aliphatic carboxylic acids is 1. The van der Waals surface area contributed by atoms with Crippen LogP contribution in [-0.2, 0) is 11.3 Å². The predicted octanol–water partition coefficient (Wildman–Crippen LogP) is 1.30. The minimum absolute atomic E-state index is 0.129. The predicted molar refractivity (Wildman–Crippen MR) is 70.6 cm³/mol. The van der Waals surface area contributed by atoms with Crippen molar-refractivity contribution in [1.82, 2.24) is 15.6 Å². The van der Waals surface area contributed by atoms with E-state index in [1.165, 1.54) is 0 Å². The Labute approximate surface area is 112 Å². The van der Waals surface area contributed by atoms with E-state index in [0.29, 0.717) is 13.0 Å². The minimum atomic E-state index is -0.897. The summed E-state index contributed by atoms with van der Waals surface area (Å²) >= 11 is 0. The molecular formula is C13H19N3O3. The third-order valence-corrected chi connectivity index (χ3v) is 2.94. The Balaban J connectivity index is 2.36. The van der Waals surface area contributed by atoms with Crippen molar-refractivity contribution in [2.75, 3.05) is 6.54 Å². The number of rotatable bonds is 6. The highest BCUT2D eigenvalue weighted by Gasteiger charge is 2.15. The van der Waals surface area contributed by atoms with Gasteiger partial charge in [-0.1, -0.05) is 6.92 Å². The molecule has 19 heavy (non-hydrogen) atoms. The molecule has 0 saturated carbocycles. The Morgan fingerprint density at radius 2 is 2.16 bits per heavy atom. The molecule has 1 rings (SSSR count). The molecule has 3 N–H and O–H groups in total. The Morgan fingerprint density at radius 3 is 2.74 bits per heavy atom. The van der Waals surface area contributed by atoms with Crippen molar-refractivity contribution in [2.45, 2.75) is 26.8 Å². The van der Waals surface area contributed by atoms with E-state index in [4.69, 9.17) is 5.11 Å². The van der Waals surface area contributed by atoms with E-state index in [-0.39, 0.29) is 12.6 Å². The van der Waals surface area contributed by atoms with Crippen LogP contribution in [0.15, 0.2) is 18.5 Å². The monoisotopic (exact) mass is 265 g/mol. The average Bonchev–Trinajstić information content (AvgIpc) is 2.38. The third-order valence-electron chi connectivity index (χ3n) is 2.94. The SMILES string of the molecule is CCC(CNC(=O)NCc1cnccc1C)C(=O)O. The summed E-state index contributed by atoms with van der Waals surface area (Å²) in [5, 5.41) is 14.1. The van der Waals surface area contributed by atoms with E-state index >= 15 is 0 Å². The summed E-state index contributed by atoms with van der Waals surface area (Å²) in [4.78, 5) is 26.3. The van der Waals surface area contributed by atoms with Crippen molar-refractivity contribution in [3.8, 4) is 0 Å². The molecule has 1 unspecified atom stereocenters. The Bertz CT molecular complexity index is 449. The number of aromatic nitrogens is 1. The van der Waals surface area contributed by atoms with Gasteiger partial charge in [0.15, 0.2) is 0 Å². The second kappa shape index (κ2) is 7.35. The lowest BCUT2D eigenvalue weighted by Crippen LogP contribution is -2.39. The molecule has 0 aliphatic rings. The van der Waals surface area contributed by atoms with Gasteiger partial charge in [0.1, 0.15) is 0 Å². The maximum Gasteiger partial charge on any atom is 0.315 e. The highest BCUT2D eigenvalue weighted by molar-refractivity contribution is 5.75. The molecule has 1 atom stereocenters. The summed E-state index contributed by atoms with van der Waals surface area (Å²) < 4.78 is 0. The van der Waals surface area contributed by atoms with Crippen LogP contribution < -0.4 is 10.6 Å². The van der Waals surface area contributed by atoms with Gasteiger partial charge in [0.2, 0.25) is 0 Å². The van der Waals surface area contributed by atoms with Gasteiger partial charge in [-0.2, -0.15) is 0 Å². The molecule has 0 aliphatic heterocycles. The summed E-state index contributed by atoms with van der Waals surface area (Å²) in [6.45, 7) is 4.21. The molecular weight excluding hydrogens is 246 g/mol. The number of carbonyl (C=O) groups is 2. The Kier molecular flexibility index (Phi) is 5.78. The molecule has 0 spiro atoms. The molecule has 0 aliphatic carbocycles. The number of urea groups is 1. The van der Waals surface area contributed by atoms with E-state index < -0.39 is 11.9 Å². The second-order valence-corrected chi connectivity index (χ2v) is 4.31. The number of nitrogens with zero attached hydrogens (tertiary/aromatic N) is 1. The van der Waals surface area contributed by atoms with E-state index in [2.05, 4.69) is 15.6 Å². The maximum atomic E-state index is 11.5. The zero-order valence-corrected chi connectivity index (χ0v) is 11.1. The minimum Gasteiger partial charge on any atom is -0.481 e. The Morgan fingerprint density at radius 1 is 1.42 bits per heavy atom. The van der Waals surface area contributed by atoms with Gasteiger partial charge in [-0.3, -0.25) is 9.78 Å². The number of aryl methyl sites for hydroxylation is 1. The molecule has 0 fully saturated rings. The molecule has 0 radical (unpaired) electrons. The summed E-state index contributed by atoms with van der Waals surface area (Å²) in [7, 11) is 0. The molecule has 6 heteroatoms. The molecule has 1 aromatic rings. The number of hydrogen-bond donors (Lipinski definition) is 3. The summed E-state index contributed by atoms with van der Waals surface area (Å²) in [5.74, 6) is -1.45. The first-order chi connectivity index (χ1) is 9.04. The van der Waals surface area contributed by atoms with Crippen molar-refractivity contribution in [2.24, 2.45) is 5.92 Å². The van der Waals surface area contributed by atoms with Gasteiger partial charge in [0.25, 0.3) is 0 Å². The molecule has 6 nitrogen and oxygen atoms in total. The zero-order chi connectivity index (χ0) is 14.3. The van der Waals surface area contributed by atoms with Gasteiger partial charge < -0.3 is 15.7 Å². The van der Waals surface area contributed by atoms with Crippen LogP contribution in [0.1, 0.15) is 24.5 Å². The van der Waals surface area contributed by atoms with E-state index in [9.17, 15) is 9.59 Å². The van der Waals surface area contributed by atoms with Crippen molar-refractivity contribution < 1.29 is 14.7 Å². The summed E-state index contributed by atoms with van der Waals surface area (Å²) in [6.07, 6.45) is 3.87. The number of hydrogen-bond acceptors (Lipinski definition) is 3. The largest absolute Gasteiger partial charge is 0.481 e. The summed E-state index contributed by atoms with van der Waals surface area (Å²) in [6, 6.07) is 1.50. The number of carbonyl (C=O) groups excluding carboxylic acids is 1. The summed E-state index contributed by atoms with van der Waals surface area (Å²) in [5.41, 5.74) is 1.98. The van der Waals surface area contributed by atoms with Gasteiger partial charge in [0.05, 0.1) is 5.92 Å². The number of amides is 2. The first-order valence-electron chi connectivity index (χ1n) is 6.18. The van der Waals surface area contributed by atoms with E-state index in [1.54, 1.807) is 19.3 Å². The maximum absolute atomic E-state index is 11.5. The number of carboxylic acid groups (broad SMARTS) is 1. The van der Waals surface area contributed by atoms with Gasteiger partial charge in [-0.05, 0) is 30.5 Å². The fourth-order valence-electron chi connectivity index (χ4n) is 1.54. The highest BCUT2D eigenvalue weighted by Crippen LogP contribution is 2.04. The van der Waals surface area contributed by atoms with Gasteiger partial charge in [-0.25, -0.2) is 4.79 Å². The van der Waals surface area contributed by atoms with E-state index in [1.807, 2.05) is 13.0 Å². The zero-order valence-electron chi connectivity index (χ0n) is 11.1. The first kappa shape index (κ1) is 14.9. The van der Waals surface area contributed by atoms with Gasteiger partial charge in [-0.15, -0.1) is 0 Å². The number of carboxylic acids is 1. The lowest BCUT2D eigenvalue weighted by atomic mass is 10.1. The topological polar surface area (TPSA) is 91.3 Å². The molecule has 0 saturated heterocycles. The van der Waals surface area contributed by atoms with Crippen LogP contribution in [0.3, 0.4) is 0 Å². The lowest BCUT2D eigenvalue weighted by Gasteiger charge is -2.12. The molecule has 0 bridgehead atoms. The van der Waals surface area contributed by atoms with Gasteiger partial charge in [0, 0.05) is 25.5 Å². The van der Waals surface area contributed by atoms with Crippen molar-refractivity contribution in [1.29, 1.82) is 0 Å². The van der Waals surface area contributed by atoms with Crippen LogP contribution in [0.25, 0.3) is 0 Å². The average molecular weight is 265 g/mol. The number of pyridine rings is 1. The quantitative estimate of drug-likeness (QED) is 0.723. The molecule has 0 aromatic carbocycles. The van der Waals surface area contributed by atoms with Crippen LogP contribution in [0.4, 0.5) is 4.79 Å². The second-order valence-electron chi connectivity index (χ2n) is 4.31.